The Morgan fingerprint density at radius 3 is 2.67 bits per heavy atom. The SMILES string of the molecule is CC1CCc2sc(C(=O)N[C@@H]3CCCC[C@H]3NC(=O)c3cccc4[nH]c(CO)nc34)cc2C1. The van der Waals surface area contributed by atoms with E-state index in [0.29, 0.717) is 22.8 Å². The van der Waals surface area contributed by atoms with Crippen LogP contribution in [0, 0.1) is 5.92 Å². The summed E-state index contributed by atoms with van der Waals surface area (Å²) in [7, 11) is 0. The van der Waals surface area contributed by atoms with Gasteiger partial charge < -0.3 is 20.7 Å². The minimum absolute atomic E-state index is 0.0322. The zero-order valence-corrected chi connectivity index (χ0v) is 19.6. The van der Waals surface area contributed by atoms with Gasteiger partial charge in [-0.3, -0.25) is 9.59 Å². The Balaban J connectivity index is 1.30. The van der Waals surface area contributed by atoms with Crippen LogP contribution in [0.25, 0.3) is 11.0 Å². The third-order valence-electron chi connectivity index (χ3n) is 6.91. The number of thiophene rings is 1. The highest BCUT2D eigenvalue weighted by molar-refractivity contribution is 7.14. The molecular formula is C25H30N4O3S. The van der Waals surface area contributed by atoms with Crippen LogP contribution in [0.4, 0.5) is 0 Å². The Kier molecular flexibility index (Phi) is 6.21. The molecule has 8 heteroatoms. The van der Waals surface area contributed by atoms with E-state index in [0.717, 1.165) is 48.9 Å². The zero-order chi connectivity index (χ0) is 22.9. The van der Waals surface area contributed by atoms with Gasteiger partial charge in [0.05, 0.1) is 16.0 Å². The molecule has 5 rings (SSSR count). The molecule has 0 spiro atoms. The molecule has 2 aliphatic rings. The molecule has 3 atom stereocenters. The van der Waals surface area contributed by atoms with Crippen LogP contribution in [-0.4, -0.2) is 39.0 Å². The number of H-pyrrole nitrogens is 1. The van der Waals surface area contributed by atoms with E-state index in [1.54, 1.807) is 23.5 Å². The zero-order valence-electron chi connectivity index (χ0n) is 18.8. The summed E-state index contributed by atoms with van der Waals surface area (Å²) in [6.45, 7) is 2.06. The number of para-hydroxylation sites is 1. The standard InChI is InChI=1S/C25H30N4O3S/c1-14-9-10-20-15(11-14)12-21(33-20)25(32)28-18-7-3-2-6-17(18)27-24(31)16-5-4-8-19-23(16)29-22(13-30)26-19/h4-5,8,12,14,17-18,30H,2-3,6-7,9-11,13H2,1H3,(H,26,29)(H,27,31)(H,28,32)/t14?,17-,18-/m1/s1. The number of amides is 2. The molecule has 1 fully saturated rings. The van der Waals surface area contributed by atoms with Crippen molar-refractivity contribution >= 4 is 34.2 Å². The first kappa shape index (κ1) is 22.1. The fourth-order valence-corrected chi connectivity index (χ4v) is 6.23. The summed E-state index contributed by atoms with van der Waals surface area (Å²) >= 11 is 1.62. The highest BCUT2D eigenvalue weighted by Gasteiger charge is 2.30. The Morgan fingerprint density at radius 1 is 1.15 bits per heavy atom. The van der Waals surface area contributed by atoms with Crippen molar-refractivity contribution in [1.29, 1.82) is 0 Å². The Labute approximate surface area is 197 Å². The normalized spacial score (nSPS) is 22.7. The number of nitrogens with one attached hydrogen (secondary N) is 3. The van der Waals surface area contributed by atoms with E-state index in [9.17, 15) is 14.7 Å². The number of carbonyl (C=O) groups is 2. The van der Waals surface area contributed by atoms with Gasteiger partial charge in [-0.25, -0.2) is 4.98 Å². The van der Waals surface area contributed by atoms with Crippen molar-refractivity contribution in [2.75, 3.05) is 0 Å². The lowest BCUT2D eigenvalue weighted by molar-refractivity contribution is 0.0865. The number of fused-ring (bicyclic) bond motifs is 2. The van der Waals surface area contributed by atoms with E-state index in [-0.39, 0.29) is 30.5 Å². The highest BCUT2D eigenvalue weighted by atomic mass is 32.1. The van der Waals surface area contributed by atoms with Gasteiger partial charge in [0.15, 0.2) is 0 Å². The van der Waals surface area contributed by atoms with E-state index in [1.807, 2.05) is 6.07 Å². The second-order valence-corrected chi connectivity index (χ2v) is 10.5. The molecule has 2 aliphatic carbocycles. The number of aliphatic hydroxyl groups is 1. The van der Waals surface area contributed by atoms with Gasteiger partial charge in [-0.05, 0) is 61.8 Å². The molecule has 0 aliphatic heterocycles. The molecule has 0 saturated heterocycles. The van der Waals surface area contributed by atoms with E-state index < -0.39 is 0 Å². The molecule has 33 heavy (non-hydrogen) atoms. The summed E-state index contributed by atoms with van der Waals surface area (Å²) in [6.07, 6.45) is 7.03. The van der Waals surface area contributed by atoms with Gasteiger partial charge in [0.2, 0.25) is 0 Å². The van der Waals surface area contributed by atoms with Crippen molar-refractivity contribution < 1.29 is 14.7 Å². The molecule has 174 valence electrons. The molecule has 2 amide bonds. The molecule has 7 nitrogen and oxygen atoms in total. The molecule has 3 aromatic rings. The lowest BCUT2D eigenvalue weighted by atomic mass is 9.89. The number of aromatic amines is 1. The summed E-state index contributed by atoms with van der Waals surface area (Å²) in [5, 5.41) is 15.7. The monoisotopic (exact) mass is 466 g/mol. The topological polar surface area (TPSA) is 107 Å². The van der Waals surface area contributed by atoms with Gasteiger partial charge in [-0.15, -0.1) is 11.3 Å². The summed E-state index contributed by atoms with van der Waals surface area (Å²) in [6, 6.07) is 7.22. The van der Waals surface area contributed by atoms with Gasteiger partial charge in [-0.1, -0.05) is 25.8 Å². The van der Waals surface area contributed by atoms with Crippen molar-refractivity contribution in [2.24, 2.45) is 5.92 Å². The Morgan fingerprint density at radius 2 is 1.91 bits per heavy atom. The summed E-state index contributed by atoms with van der Waals surface area (Å²) in [5.41, 5.74) is 3.07. The fraction of sp³-hybridized carbons (Fsp3) is 0.480. The van der Waals surface area contributed by atoms with Crippen molar-refractivity contribution in [2.45, 2.75) is 70.6 Å². The number of aliphatic hydroxyl groups excluding tert-OH is 1. The first-order chi connectivity index (χ1) is 16.0. The number of carbonyl (C=O) groups excluding carboxylic acids is 2. The minimum Gasteiger partial charge on any atom is -0.388 e. The number of hydrogen-bond donors (Lipinski definition) is 4. The average Bonchev–Trinajstić information content (AvgIpc) is 3.43. The highest BCUT2D eigenvalue weighted by Crippen LogP contribution is 2.32. The molecule has 0 radical (unpaired) electrons. The molecule has 2 aromatic heterocycles. The van der Waals surface area contributed by atoms with Crippen LogP contribution in [0.2, 0.25) is 0 Å². The second-order valence-electron chi connectivity index (χ2n) is 9.39. The smallest absolute Gasteiger partial charge is 0.261 e. The summed E-state index contributed by atoms with van der Waals surface area (Å²) in [5.74, 6) is 0.868. The number of hydrogen-bond acceptors (Lipinski definition) is 5. The maximum Gasteiger partial charge on any atom is 0.261 e. The van der Waals surface area contributed by atoms with Crippen LogP contribution in [0.1, 0.15) is 75.3 Å². The maximum absolute atomic E-state index is 13.2. The van der Waals surface area contributed by atoms with E-state index in [1.165, 1.54) is 16.9 Å². The average molecular weight is 467 g/mol. The lowest BCUT2D eigenvalue weighted by Gasteiger charge is -2.32. The van der Waals surface area contributed by atoms with Crippen LogP contribution in [0.5, 0.6) is 0 Å². The van der Waals surface area contributed by atoms with Crippen LogP contribution in [0.3, 0.4) is 0 Å². The second kappa shape index (κ2) is 9.27. The molecule has 2 heterocycles. The van der Waals surface area contributed by atoms with Crippen LogP contribution >= 0.6 is 11.3 Å². The number of rotatable bonds is 5. The summed E-state index contributed by atoms with van der Waals surface area (Å²) in [4.78, 5) is 35.7. The van der Waals surface area contributed by atoms with Crippen LogP contribution < -0.4 is 10.6 Å². The van der Waals surface area contributed by atoms with E-state index in [2.05, 4.69) is 33.6 Å². The fourth-order valence-electron chi connectivity index (χ4n) is 5.12. The van der Waals surface area contributed by atoms with Crippen molar-refractivity contribution in [3.8, 4) is 0 Å². The third kappa shape index (κ3) is 4.54. The molecule has 4 N–H and O–H groups in total. The predicted octanol–water partition coefficient (Wildman–Crippen LogP) is 3.71. The van der Waals surface area contributed by atoms with Gasteiger partial charge in [0.1, 0.15) is 17.9 Å². The van der Waals surface area contributed by atoms with Gasteiger partial charge in [0.25, 0.3) is 11.8 Å². The number of benzene rings is 1. The maximum atomic E-state index is 13.2. The predicted molar refractivity (Wildman–Crippen MR) is 129 cm³/mol. The van der Waals surface area contributed by atoms with Crippen LogP contribution in [0.15, 0.2) is 24.3 Å². The van der Waals surface area contributed by atoms with Gasteiger partial charge >= 0.3 is 0 Å². The molecular weight excluding hydrogens is 436 g/mol. The first-order valence-corrected chi connectivity index (χ1v) is 12.6. The third-order valence-corrected chi connectivity index (χ3v) is 8.14. The van der Waals surface area contributed by atoms with Crippen molar-refractivity contribution in [3.05, 3.63) is 51.0 Å². The number of aromatic nitrogens is 2. The number of imidazole rings is 1. The van der Waals surface area contributed by atoms with Gasteiger partial charge in [-0.2, -0.15) is 0 Å². The lowest BCUT2D eigenvalue weighted by Crippen LogP contribution is -2.53. The summed E-state index contributed by atoms with van der Waals surface area (Å²) < 4.78 is 0. The number of nitrogens with zero attached hydrogens (tertiary/aromatic N) is 1. The number of aryl methyl sites for hydroxylation is 1. The van der Waals surface area contributed by atoms with E-state index >= 15 is 0 Å². The molecule has 1 saturated carbocycles. The quantitative estimate of drug-likeness (QED) is 0.460. The molecule has 1 unspecified atom stereocenters. The largest absolute Gasteiger partial charge is 0.388 e. The molecule has 1 aromatic carbocycles. The Hall–Kier alpha value is -2.71. The van der Waals surface area contributed by atoms with E-state index in [4.69, 9.17) is 0 Å². The first-order valence-electron chi connectivity index (χ1n) is 11.8. The van der Waals surface area contributed by atoms with Crippen LogP contribution in [-0.2, 0) is 19.4 Å². The van der Waals surface area contributed by atoms with Gasteiger partial charge in [0, 0.05) is 17.0 Å². The van der Waals surface area contributed by atoms with Crippen molar-refractivity contribution in [1.82, 2.24) is 20.6 Å². The minimum atomic E-state index is -0.211. The Bertz CT molecular complexity index is 1180. The molecule has 0 bridgehead atoms. The van der Waals surface area contributed by atoms with Crippen molar-refractivity contribution in [3.63, 3.8) is 0 Å².